The number of aromatic nitrogens is 1. The number of hydrogen-bond acceptors (Lipinski definition) is 2. The summed E-state index contributed by atoms with van der Waals surface area (Å²) in [5.41, 5.74) is 17.7. The van der Waals surface area contributed by atoms with Crippen molar-refractivity contribution in [2.45, 2.75) is 52.4 Å². The van der Waals surface area contributed by atoms with Crippen LogP contribution in [0.15, 0.2) is 182 Å². The van der Waals surface area contributed by atoms with Gasteiger partial charge in [0.1, 0.15) is 0 Å². The summed E-state index contributed by atoms with van der Waals surface area (Å²) in [4.78, 5) is 4.95. The van der Waals surface area contributed by atoms with E-state index >= 15 is 0 Å². The highest BCUT2D eigenvalue weighted by Gasteiger charge is 2.43. The Labute approximate surface area is 364 Å². The molecule has 0 fully saturated rings. The maximum atomic E-state index is 2.68. The van der Waals surface area contributed by atoms with Gasteiger partial charge in [0.25, 0.3) is 0 Å². The predicted octanol–water partition coefficient (Wildman–Crippen LogP) is 14.6. The van der Waals surface area contributed by atoms with Crippen LogP contribution in [0.4, 0.5) is 34.1 Å². The highest BCUT2D eigenvalue weighted by atomic mass is 15.2. The summed E-state index contributed by atoms with van der Waals surface area (Å²) in [6, 6.07) is 68.3. The molecule has 12 rings (SSSR count). The van der Waals surface area contributed by atoms with Crippen molar-refractivity contribution in [2.75, 3.05) is 9.80 Å². The van der Waals surface area contributed by atoms with E-state index in [0.29, 0.717) is 0 Å². The standard InChI is InChI=1S/C58H48BN3/c1-57(2,3)40-34-41(58(4,5)6)36-45(35-40)61-52-26-16-22-47-49-24-15-23-48-46-21-13-14-25-51(46)62(56(48)49)59(54(47)52)55-50-33-37-27-29-44(32-39(37)31-38(50)28-30-53(55)61)60(42-17-9-7-10-18-42)43-19-11-8-12-20-43/h7-36H,1-6H3. The summed E-state index contributed by atoms with van der Waals surface area (Å²) >= 11 is 0. The summed E-state index contributed by atoms with van der Waals surface area (Å²) in [5, 5.41) is 7.58. The number of anilines is 6. The van der Waals surface area contributed by atoms with Crippen molar-refractivity contribution in [1.29, 1.82) is 0 Å². The van der Waals surface area contributed by atoms with Crippen molar-refractivity contribution < 1.29 is 0 Å². The van der Waals surface area contributed by atoms with E-state index in [9.17, 15) is 0 Å². The van der Waals surface area contributed by atoms with Gasteiger partial charge in [-0.1, -0.05) is 145 Å². The van der Waals surface area contributed by atoms with Gasteiger partial charge in [0.15, 0.2) is 0 Å². The van der Waals surface area contributed by atoms with Crippen LogP contribution >= 0.6 is 0 Å². The van der Waals surface area contributed by atoms with Gasteiger partial charge in [-0.3, -0.25) is 0 Å². The van der Waals surface area contributed by atoms with E-state index in [2.05, 4.69) is 238 Å². The van der Waals surface area contributed by atoms with E-state index in [-0.39, 0.29) is 17.7 Å². The fraction of sp³-hybridized carbons (Fsp3) is 0.138. The van der Waals surface area contributed by atoms with Crippen LogP contribution in [0, 0.1) is 0 Å². The predicted molar refractivity (Wildman–Crippen MR) is 267 cm³/mol. The van der Waals surface area contributed by atoms with Crippen LogP contribution in [0.5, 0.6) is 0 Å². The minimum atomic E-state index is -0.0373. The zero-order valence-corrected chi connectivity index (χ0v) is 36.2. The van der Waals surface area contributed by atoms with Crippen LogP contribution in [-0.4, -0.2) is 11.3 Å². The molecular weight excluding hydrogens is 749 g/mol. The molecule has 62 heavy (non-hydrogen) atoms. The van der Waals surface area contributed by atoms with Crippen LogP contribution < -0.4 is 20.7 Å². The Morgan fingerprint density at radius 1 is 0.419 bits per heavy atom. The third-order valence-corrected chi connectivity index (χ3v) is 13.6. The molecule has 0 bridgehead atoms. The molecule has 0 spiro atoms. The molecule has 3 heterocycles. The van der Waals surface area contributed by atoms with Crippen LogP contribution in [0.2, 0.25) is 0 Å². The number of para-hydroxylation sites is 4. The molecule has 4 heteroatoms. The summed E-state index contributed by atoms with van der Waals surface area (Å²) in [6.07, 6.45) is 0. The maximum absolute atomic E-state index is 2.68. The SMILES string of the molecule is CC(C)(C)c1cc(N2c3cccc4c3B(c3c2ccc2cc5cc(N(c6ccccc6)c6ccccc6)ccc5cc32)n2c3ccccc3c3cccc-4c32)cc(C(C)(C)C)c1. The van der Waals surface area contributed by atoms with E-state index in [0.717, 1.165) is 17.1 Å². The van der Waals surface area contributed by atoms with E-state index in [4.69, 9.17) is 0 Å². The monoisotopic (exact) mass is 797 g/mol. The van der Waals surface area contributed by atoms with Crippen LogP contribution in [-0.2, 0) is 10.8 Å². The highest BCUT2D eigenvalue weighted by Crippen LogP contribution is 2.47. The second-order valence-corrected chi connectivity index (χ2v) is 19.4. The number of hydrogen-bond donors (Lipinski definition) is 0. The van der Waals surface area contributed by atoms with E-state index < -0.39 is 0 Å². The summed E-state index contributed by atoms with van der Waals surface area (Å²) in [5.74, 6) is 0. The molecule has 0 radical (unpaired) electrons. The van der Waals surface area contributed by atoms with E-state index in [1.54, 1.807) is 0 Å². The molecule has 3 nitrogen and oxygen atoms in total. The zero-order valence-electron chi connectivity index (χ0n) is 36.2. The number of rotatable bonds is 4. The lowest BCUT2D eigenvalue weighted by Gasteiger charge is -2.41. The van der Waals surface area contributed by atoms with Crippen molar-refractivity contribution in [3.63, 3.8) is 0 Å². The largest absolute Gasteiger partial charge is 0.375 e. The first-order valence-corrected chi connectivity index (χ1v) is 22.0. The third kappa shape index (κ3) is 5.45. The molecule has 0 saturated heterocycles. The minimum Gasteiger partial charge on any atom is -0.375 e. The first-order valence-electron chi connectivity index (χ1n) is 22.0. The zero-order chi connectivity index (χ0) is 42.1. The molecule has 2 aliphatic rings. The van der Waals surface area contributed by atoms with Gasteiger partial charge in [0.05, 0.1) is 0 Å². The second-order valence-electron chi connectivity index (χ2n) is 19.4. The minimum absolute atomic E-state index is 0.0281. The van der Waals surface area contributed by atoms with Crippen molar-refractivity contribution in [1.82, 2.24) is 4.48 Å². The molecule has 1 aromatic heterocycles. The summed E-state index contributed by atoms with van der Waals surface area (Å²) < 4.78 is 2.68. The van der Waals surface area contributed by atoms with E-state index in [1.165, 1.54) is 93.6 Å². The lowest BCUT2D eigenvalue weighted by atomic mass is 9.44. The highest BCUT2D eigenvalue weighted by molar-refractivity contribution is 6.91. The Morgan fingerprint density at radius 2 is 1.03 bits per heavy atom. The van der Waals surface area contributed by atoms with Crippen molar-refractivity contribution in [3.05, 3.63) is 193 Å². The normalized spacial score (nSPS) is 13.3. The Hall–Kier alpha value is -7.04. The first kappa shape index (κ1) is 36.8. The lowest BCUT2D eigenvalue weighted by molar-refractivity contribution is 0.569. The van der Waals surface area contributed by atoms with Gasteiger partial charge >= 0.3 is 6.85 Å². The number of fused-ring (bicyclic) bond motifs is 10. The molecule has 9 aromatic carbocycles. The molecule has 0 aliphatic carbocycles. The van der Waals surface area contributed by atoms with Crippen LogP contribution in [0.25, 0.3) is 54.5 Å². The molecular formula is C58H48BN3. The number of benzene rings is 9. The van der Waals surface area contributed by atoms with E-state index in [1.807, 2.05) is 0 Å². The molecule has 0 atom stereocenters. The summed E-state index contributed by atoms with van der Waals surface area (Å²) in [7, 11) is 0. The fourth-order valence-corrected chi connectivity index (χ4v) is 10.5. The van der Waals surface area contributed by atoms with Gasteiger partial charge in [-0.25, -0.2) is 0 Å². The molecule has 0 amide bonds. The van der Waals surface area contributed by atoms with Crippen LogP contribution in [0.3, 0.4) is 0 Å². The van der Waals surface area contributed by atoms with Gasteiger partial charge in [-0.05, 0) is 139 Å². The second kappa shape index (κ2) is 13.2. The Kier molecular flexibility index (Phi) is 7.85. The van der Waals surface area contributed by atoms with Gasteiger partial charge in [-0.2, -0.15) is 0 Å². The average Bonchev–Trinajstić information content (AvgIpc) is 3.62. The van der Waals surface area contributed by atoms with Gasteiger partial charge < -0.3 is 14.3 Å². The lowest BCUT2D eigenvalue weighted by Crippen LogP contribution is -2.57. The van der Waals surface area contributed by atoms with Gasteiger partial charge in [0.2, 0.25) is 0 Å². The number of nitrogens with zero attached hydrogens (tertiary/aromatic N) is 3. The average molecular weight is 798 g/mol. The molecule has 0 saturated carbocycles. The quantitative estimate of drug-likeness (QED) is 0.130. The summed E-state index contributed by atoms with van der Waals surface area (Å²) in [6.45, 7) is 14.0. The molecule has 2 aliphatic heterocycles. The third-order valence-electron chi connectivity index (χ3n) is 13.6. The van der Waals surface area contributed by atoms with Crippen molar-refractivity contribution >= 4 is 95.2 Å². The molecule has 0 unspecified atom stereocenters. The molecule has 10 aromatic rings. The Balaban J connectivity index is 1.16. The smallest absolute Gasteiger partial charge is 0.333 e. The molecule has 0 N–H and O–H groups in total. The maximum Gasteiger partial charge on any atom is 0.333 e. The van der Waals surface area contributed by atoms with Gasteiger partial charge in [-0.15, -0.1) is 0 Å². The van der Waals surface area contributed by atoms with Crippen molar-refractivity contribution in [3.8, 4) is 11.1 Å². The Morgan fingerprint density at radius 3 is 1.74 bits per heavy atom. The van der Waals surface area contributed by atoms with Crippen molar-refractivity contribution in [2.24, 2.45) is 0 Å². The first-order chi connectivity index (χ1) is 30.0. The van der Waals surface area contributed by atoms with Crippen LogP contribution in [0.1, 0.15) is 52.7 Å². The van der Waals surface area contributed by atoms with Gasteiger partial charge in [0, 0.05) is 61.5 Å². The topological polar surface area (TPSA) is 11.4 Å². The Bertz CT molecular complexity index is 3370. The molecule has 298 valence electrons. The fourth-order valence-electron chi connectivity index (χ4n) is 10.5.